The van der Waals surface area contributed by atoms with E-state index in [0.29, 0.717) is 5.76 Å². The van der Waals surface area contributed by atoms with Crippen LogP contribution in [0.3, 0.4) is 0 Å². The second-order valence-corrected chi connectivity index (χ2v) is 4.92. The molecule has 0 atom stereocenters. The smallest absolute Gasteiger partial charge is 0.336 e. The molecule has 0 bridgehead atoms. The summed E-state index contributed by atoms with van der Waals surface area (Å²) in [6.45, 7) is 0. The molecule has 18 heavy (non-hydrogen) atoms. The third-order valence-corrected chi connectivity index (χ3v) is 3.60. The Morgan fingerprint density at radius 1 is 1.22 bits per heavy atom. The van der Waals surface area contributed by atoms with Crippen molar-refractivity contribution in [3.05, 3.63) is 64.1 Å². The van der Waals surface area contributed by atoms with Gasteiger partial charge in [0.25, 0.3) is 0 Å². The first-order valence-electron chi connectivity index (χ1n) is 5.88. The van der Waals surface area contributed by atoms with Gasteiger partial charge >= 0.3 is 5.97 Å². The SMILES string of the molecule is O=C1C=C/C(=C(\C2=CCCC=C2)c2ccsc2)O1. The molecule has 0 amide bonds. The zero-order valence-corrected chi connectivity index (χ0v) is 10.6. The van der Waals surface area contributed by atoms with Crippen LogP contribution in [0.15, 0.2) is 58.5 Å². The van der Waals surface area contributed by atoms with E-state index < -0.39 is 0 Å². The van der Waals surface area contributed by atoms with Crippen molar-refractivity contribution in [1.29, 1.82) is 0 Å². The molecule has 0 unspecified atom stereocenters. The molecule has 0 N–H and O–H groups in total. The second kappa shape index (κ2) is 4.78. The Hall–Kier alpha value is -1.87. The van der Waals surface area contributed by atoms with Crippen molar-refractivity contribution in [1.82, 2.24) is 0 Å². The van der Waals surface area contributed by atoms with Crippen molar-refractivity contribution in [2.24, 2.45) is 0 Å². The fraction of sp³-hybridized carbons (Fsp3) is 0.133. The van der Waals surface area contributed by atoms with Gasteiger partial charge in [0.15, 0.2) is 0 Å². The average Bonchev–Trinajstić information content (AvgIpc) is 3.04. The normalized spacial score (nSPS) is 20.9. The first kappa shape index (κ1) is 11.2. The van der Waals surface area contributed by atoms with Gasteiger partial charge in [0.1, 0.15) is 5.76 Å². The number of allylic oxidation sites excluding steroid dienone is 6. The molecule has 2 heterocycles. The molecule has 3 heteroatoms. The minimum absolute atomic E-state index is 0.293. The van der Waals surface area contributed by atoms with Crippen LogP contribution >= 0.6 is 11.3 Å². The van der Waals surface area contributed by atoms with E-state index in [9.17, 15) is 4.79 Å². The van der Waals surface area contributed by atoms with Crippen LogP contribution in [0.2, 0.25) is 0 Å². The highest BCUT2D eigenvalue weighted by molar-refractivity contribution is 7.08. The largest absolute Gasteiger partial charge is 0.423 e. The molecule has 2 aliphatic rings. The lowest BCUT2D eigenvalue weighted by Crippen LogP contribution is -1.97. The van der Waals surface area contributed by atoms with Gasteiger partial charge in [0.05, 0.1) is 0 Å². The van der Waals surface area contributed by atoms with E-state index in [1.54, 1.807) is 17.4 Å². The molecule has 1 aromatic heterocycles. The van der Waals surface area contributed by atoms with Gasteiger partial charge in [-0.25, -0.2) is 4.79 Å². The topological polar surface area (TPSA) is 26.3 Å². The summed E-state index contributed by atoms with van der Waals surface area (Å²) >= 11 is 1.64. The molecule has 1 aromatic rings. The van der Waals surface area contributed by atoms with E-state index in [1.165, 1.54) is 6.08 Å². The molecule has 0 radical (unpaired) electrons. The van der Waals surface area contributed by atoms with Crippen molar-refractivity contribution >= 4 is 22.9 Å². The summed E-state index contributed by atoms with van der Waals surface area (Å²) in [7, 11) is 0. The first-order valence-corrected chi connectivity index (χ1v) is 6.83. The standard InChI is InChI=1S/C15H12O2S/c16-14-7-6-13(17-14)15(12-8-9-18-10-12)11-4-2-1-3-5-11/h2,4-10H,1,3H2/b15-13-. The summed E-state index contributed by atoms with van der Waals surface area (Å²) in [6.07, 6.45) is 11.8. The fourth-order valence-electron chi connectivity index (χ4n) is 2.11. The molecule has 90 valence electrons. The molecule has 0 fully saturated rings. The summed E-state index contributed by atoms with van der Waals surface area (Å²) < 4.78 is 5.26. The van der Waals surface area contributed by atoms with Crippen molar-refractivity contribution < 1.29 is 9.53 Å². The zero-order chi connectivity index (χ0) is 12.4. The van der Waals surface area contributed by atoms with Crippen LogP contribution in [0.25, 0.3) is 5.57 Å². The number of rotatable bonds is 2. The zero-order valence-electron chi connectivity index (χ0n) is 9.76. The van der Waals surface area contributed by atoms with Crippen LogP contribution < -0.4 is 0 Å². The molecule has 0 aromatic carbocycles. The maximum Gasteiger partial charge on any atom is 0.336 e. The van der Waals surface area contributed by atoms with Crippen LogP contribution in [0.5, 0.6) is 0 Å². The Morgan fingerprint density at radius 2 is 2.17 bits per heavy atom. The lowest BCUT2D eigenvalue weighted by molar-refractivity contribution is -0.132. The Morgan fingerprint density at radius 3 is 2.78 bits per heavy atom. The van der Waals surface area contributed by atoms with E-state index in [-0.39, 0.29) is 5.97 Å². The van der Waals surface area contributed by atoms with E-state index in [1.807, 2.05) is 5.38 Å². The van der Waals surface area contributed by atoms with E-state index >= 15 is 0 Å². The minimum Gasteiger partial charge on any atom is -0.423 e. The van der Waals surface area contributed by atoms with Crippen molar-refractivity contribution in [3.63, 3.8) is 0 Å². The van der Waals surface area contributed by atoms with Gasteiger partial charge in [-0.1, -0.05) is 18.2 Å². The maximum atomic E-state index is 11.2. The first-order chi connectivity index (χ1) is 8.84. The molecule has 2 nitrogen and oxygen atoms in total. The average molecular weight is 256 g/mol. The highest BCUT2D eigenvalue weighted by Crippen LogP contribution is 2.33. The number of thiophene rings is 1. The third-order valence-electron chi connectivity index (χ3n) is 2.92. The lowest BCUT2D eigenvalue weighted by atomic mass is 9.94. The van der Waals surface area contributed by atoms with Gasteiger partial charge in [-0.2, -0.15) is 11.3 Å². The molecule has 0 saturated carbocycles. The number of ether oxygens (including phenoxy) is 1. The van der Waals surface area contributed by atoms with Crippen molar-refractivity contribution in [3.8, 4) is 0 Å². The second-order valence-electron chi connectivity index (χ2n) is 4.14. The third kappa shape index (κ3) is 2.09. The highest BCUT2D eigenvalue weighted by Gasteiger charge is 2.19. The Bertz CT molecular complexity index is 586. The van der Waals surface area contributed by atoms with Gasteiger partial charge in [-0.3, -0.25) is 0 Å². The van der Waals surface area contributed by atoms with Crippen molar-refractivity contribution in [2.75, 3.05) is 0 Å². The summed E-state index contributed by atoms with van der Waals surface area (Å²) in [5.41, 5.74) is 3.25. The number of hydrogen-bond acceptors (Lipinski definition) is 3. The number of hydrogen-bond donors (Lipinski definition) is 0. The Labute approximate surface area is 110 Å². The number of esters is 1. The monoisotopic (exact) mass is 256 g/mol. The van der Waals surface area contributed by atoms with Crippen LogP contribution in [-0.2, 0) is 9.53 Å². The van der Waals surface area contributed by atoms with Crippen LogP contribution in [-0.4, -0.2) is 5.97 Å². The fourth-order valence-corrected chi connectivity index (χ4v) is 2.76. The van der Waals surface area contributed by atoms with Crippen LogP contribution in [0, 0.1) is 0 Å². The number of carbonyl (C=O) groups is 1. The minimum atomic E-state index is -0.293. The van der Waals surface area contributed by atoms with Crippen molar-refractivity contribution in [2.45, 2.75) is 12.8 Å². The molecular formula is C15H12O2S. The highest BCUT2D eigenvalue weighted by atomic mass is 32.1. The molecule has 3 rings (SSSR count). The van der Waals surface area contributed by atoms with Crippen LogP contribution in [0.4, 0.5) is 0 Å². The maximum absolute atomic E-state index is 11.2. The molecule has 1 aliphatic heterocycles. The Kier molecular flexibility index (Phi) is 2.99. The predicted molar refractivity (Wildman–Crippen MR) is 72.9 cm³/mol. The molecular weight excluding hydrogens is 244 g/mol. The molecule has 0 spiro atoms. The Balaban J connectivity index is 2.10. The summed E-state index contributed by atoms with van der Waals surface area (Å²) in [5.74, 6) is 0.356. The van der Waals surface area contributed by atoms with Gasteiger partial charge in [0.2, 0.25) is 0 Å². The van der Waals surface area contributed by atoms with E-state index in [4.69, 9.17) is 4.74 Å². The predicted octanol–water partition coefficient (Wildman–Crippen LogP) is 3.85. The summed E-state index contributed by atoms with van der Waals surface area (Å²) in [5, 5.41) is 4.11. The van der Waals surface area contributed by atoms with E-state index in [2.05, 4.69) is 29.7 Å². The van der Waals surface area contributed by atoms with Gasteiger partial charge in [-0.15, -0.1) is 0 Å². The molecule has 0 saturated heterocycles. The summed E-state index contributed by atoms with van der Waals surface area (Å²) in [6, 6.07) is 2.05. The molecule has 1 aliphatic carbocycles. The van der Waals surface area contributed by atoms with Gasteiger partial charge in [0, 0.05) is 11.6 Å². The van der Waals surface area contributed by atoms with E-state index in [0.717, 1.165) is 29.6 Å². The number of carbonyl (C=O) groups excluding carboxylic acids is 1. The van der Waals surface area contributed by atoms with Gasteiger partial charge < -0.3 is 4.74 Å². The quantitative estimate of drug-likeness (QED) is 0.751. The van der Waals surface area contributed by atoms with Crippen LogP contribution in [0.1, 0.15) is 18.4 Å². The summed E-state index contributed by atoms with van der Waals surface area (Å²) in [4.78, 5) is 11.2. The van der Waals surface area contributed by atoms with Gasteiger partial charge in [-0.05, 0) is 46.9 Å². The lowest BCUT2D eigenvalue weighted by Gasteiger charge is -2.12. The number of cyclic esters (lactones) is 1.